The van der Waals surface area contributed by atoms with E-state index in [1.54, 1.807) is 6.92 Å². The van der Waals surface area contributed by atoms with Gasteiger partial charge in [-0.15, -0.1) is 0 Å². The molecule has 16 heavy (non-hydrogen) atoms. The maximum atomic E-state index is 10.8. The Morgan fingerprint density at radius 3 is 2.38 bits per heavy atom. The van der Waals surface area contributed by atoms with Gasteiger partial charge in [0.1, 0.15) is 0 Å². The molecule has 0 aromatic rings. The molecule has 0 heterocycles. The minimum absolute atomic E-state index is 0.0741. The van der Waals surface area contributed by atoms with E-state index in [2.05, 4.69) is 0 Å². The molecule has 0 amide bonds. The van der Waals surface area contributed by atoms with Crippen LogP contribution in [0.4, 0.5) is 0 Å². The molecule has 1 saturated carbocycles. The van der Waals surface area contributed by atoms with Crippen LogP contribution in [0.3, 0.4) is 0 Å². The SMILES string of the molecule is CC(O)CCC1(O)C(C)CC(O)CC1(C)C. The van der Waals surface area contributed by atoms with Gasteiger partial charge in [-0.1, -0.05) is 20.8 Å². The molecule has 0 aromatic heterocycles. The van der Waals surface area contributed by atoms with Crippen molar-refractivity contribution in [2.24, 2.45) is 11.3 Å². The van der Waals surface area contributed by atoms with Crippen molar-refractivity contribution in [3.8, 4) is 0 Å². The zero-order valence-electron chi connectivity index (χ0n) is 10.9. The van der Waals surface area contributed by atoms with Gasteiger partial charge in [0.25, 0.3) is 0 Å². The van der Waals surface area contributed by atoms with Crippen molar-refractivity contribution in [1.29, 1.82) is 0 Å². The zero-order valence-corrected chi connectivity index (χ0v) is 10.9. The summed E-state index contributed by atoms with van der Waals surface area (Å²) < 4.78 is 0. The molecule has 0 saturated heterocycles. The highest BCUT2D eigenvalue weighted by molar-refractivity contribution is 5.02. The molecular weight excluding hydrogens is 204 g/mol. The Labute approximate surface area is 98.5 Å². The van der Waals surface area contributed by atoms with Crippen LogP contribution < -0.4 is 0 Å². The molecule has 0 aromatic carbocycles. The van der Waals surface area contributed by atoms with Gasteiger partial charge in [-0.3, -0.25) is 0 Å². The number of aliphatic hydroxyl groups is 3. The lowest BCUT2D eigenvalue weighted by Gasteiger charge is -2.52. The predicted octanol–water partition coefficient (Wildman–Crippen LogP) is 1.70. The second-order valence-corrected chi connectivity index (χ2v) is 6.19. The largest absolute Gasteiger partial charge is 0.393 e. The van der Waals surface area contributed by atoms with Crippen LogP contribution in [0.15, 0.2) is 0 Å². The van der Waals surface area contributed by atoms with Crippen molar-refractivity contribution in [2.75, 3.05) is 0 Å². The van der Waals surface area contributed by atoms with E-state index in [1.807, 2.05) is 20.8 Å². The molecule has 96 valence electrons. The van der Waals surface area contributed by atoms with E-state index < -0.39 is 5.60 Å². The smallest absolute Gasteiger partial charge is 0.0726 e. The highest BCUT2D eigenvalue weighted by atomic mass is 16.3. The lowest BCUT2D eigenvalue weighted by atomic mass is 9.58. The molecule has 0 bridgehead atoms. The topological polar surface area (TPSA) is 60.7 Å². The summed E-state index contributed by atoms with van der Waals surface area (Å²) in [7, 11) is 0. The Morgan fingerprint density at radius 1 is 1.38 bits per heavy atom. The van der Waals surface area contributed by atoms with Crippen LogP contribution in [-0.2, 0) is 0 Å². The summed E-state index contributed by atoms with van der Waals surface area (Å²) >= 11 is 0. The highest BCUT2D eigenvalue weighted by Gasteiger charge is 2.51. The number of aliphatic hydroxyl groups excluding tert-OH is 2. The van der Waals surface area contributed by atoms with E-state index in [9.17, 15) is 15.3 Å². The van der Waals surface area contributed by atoms with Crippen LogP contribution in [0.1, 0.15) is 53.4 Å². The molecule has 1 rings (SSSR count). The van der Waals surface area contributed by atoms with Crippen LogP contribution in [0.5, 0.6) is 0 Å². The summed E-state index contributed by atoms with van der Waals surface area (Å²) in [5.41, 5.74) is -1.07. The molecule has 0 aliphatic heterocycles. The number of rotatable bonds is 3. The minimum Gasteiger partial charge on any atom is -0.393 e. The van der Waals surface area contributed by atoms with E-state index in [4.69, 9.17) is 0 Å². The van der Waals surface area contributed by atoms with Crippen LogP contribution in [0.2, 0.25) is 0 Å². The van der Waals surface area contributed by atoms with Gasteiger partial charge in [-0.2, -0.15) is 0 Å². The highest BCUT2D eigenvalue weighted by Crippen LogP contribution is 2.49. The van der Waals surface area contributed by atoms with Crippen molar-refractivity contribution in [1.82, 2.24) is 0 Å². The fourth-order valence-electron chi connectivity index (χ4n) is 3.13. The Kier molecular flexibility index (Phi) is 4.04. The van der Waals surface area contributed by atoms with Crippen LogP contribution in [0, 0.1) is 11.3 Å². The Balaban J connectivity index is 2.80. The first-order chi connectivity index (χ1) is 7.19. The van der Waals surface area contributed by atoms with Crippen LogP contribution in [0.25, 0.3) is 0 Å². The van der Waals surface area contributed by atoms with Gasteiger partial charge in [-0.25, -0.2) is 0 Å². The molecule has 3 heteroatoms. The summed E-state index contributed by atoms with van der Waals surface area (Å²) in [5.74, 6) is 0.0741. The van der Waals surface area contributed by atoms with E-state index in [-0.39, 0.29) is 23.5 Å². The average molecular weight is 230 g/mol. The Hall–Kier alpha value is -0.120. The summed E-state index contributed by atoms with van der Waals surface area (Å²) in [6.45, 7) is 7.76. The van der Waals surface area contributed by atoms with E-state index in [0.29, 0.717) is 25.7 Å². The third-order valence-corrected chi connectivity index (χ3v) is 4.30. The summed E-state index contributed by atoms with van der Waals surface area (Å²) in [6, 6.07) is 0. The standard InChI is InChI=1S/C13H26O3/c1-9-7-11(15)8-12(3,4)13(9,16)6-5-10(2)14/h9-11,14-16H,5-8H2,1-4H3. The Morgan fingerprint density at radius 2 is 1.94 bits per heavy atom. The predicted molar refractivity (Wildman–Crippen MR) is 64.1 cm³/mol. The van der Waals surface area contributed by atoms with E-state index in [1.165, 1.54) is 0 Å². The third kappa shape index (κ3) is 2.58. The van der Waals surface area contributed by atoms with Gasteiger partial charge >= 0.3 is 0 Å². The average Bonchev–Trinajstić information content (AvgIpc) is 2.10. The molecule has 3 nitrogen and oxygen atoms in total. The molecule has 0 radical (unpaired) electrons. The maximum Gasteiger partial charge on any atom is 0.0726 e. The van der Waals surface area contributed by atoms with Crippen molar-refractivity contribution in [3.63, 3.8) is 0 Å². The monoisotopic (exact) mass is 230 g/mol. The van der Waals surface area contributed by atoms with Gasteiger partial charge in [0, 0.05) is 0 Å². The van der Waals surface area contributed by atoms with Crippen LogP contribution in [-0.4, -0.2) is 33.1 Å². The lowest BCUT2D eigenvalue weighted by Crippen LogP contribution is -2.55. The van der Waals surface area contributed by atoms with Gasteiger partial charge in [0.2, 0.25) is 0 Å². The van der Waals surface area contributed by atoms with Crippen molar-refractivity contribution in [3.05, 3.63) is 0 Å². The molecule has 4 unspecified atom stereocenters. The minimum atomic E-state index is -0.775. The van der Waals surface area contributed by atoms with Crippen molar-refractivity contribution < 1.29 is 15.3 Å². The quantitative estimate of drug-likeness (QED) is 0.691. The molecule has 4 atom stereocenters. The number of hydrogen-bond acceptors (Lipinski definition) is 3. The summed E-state index contributed by atoms with van der Waals surface area (Å²) in [6.07, 6.45) is 1.81. The molecule has 1 aliphatic carbocycles. The first-order valence-corrected chi connectivity index (χ1v) is 6.27. The fraction of sp³-hybridized carbons (Fsp3) is 1.00. The van der Waals surface area contributed by atoms with Gasteiger partial charge < -0.3 is 15.3 Å². The fourth-order valence-corrected chi connectivity index (χ4v) is 3.13. The molecule has 1 aliphatic rings. The summed E-state index contributed by atoms with van der Waals surface area (Å²) in [4.78, 5) is 0. The van der Waals surface area contributed by atoms with Crippen molar-refractivity contribution >= 4 is 0 Å². The maximum absolute atomic E-state index is 10.8. The lowest BCUT2D eigenvalue weighted by molar-refractivity contribution is -0.167. The van der Waals surface area contributed by atoms with E-state index >= 15 is 0 Å². The van der Waals surface area contributed by atoms with Crippen molar-refractivity contribution in [2.45, 2.75) is 71.2 Å². The second-order valence-electron chi connectivity index (χ2n) is 6.19. The second kappa shape index (κ2) is 4.63. The molecule has 3 N–H and O–H groups in total. The molecule has 0 spiro atoms. The van der Waals surface area contributed by atoms with Gasteiger partial charge in [0.15, 0.2) is 0 Å². The van der Waals surface area contributed by atoms with E-state index in [0.717, 1.165) is 0 Å². The van der Waals surface area contributed by atoms with Gasteiger partial charge in [0.05, 0.1) is 17.8 Å². The zero-order chi connectivity index (χ0) is 12.6. The first kappa shape index (κ1) is 13.9. The molecule has 1 fully saturated rings. The first-order valence-electron chi connectivity index (χ1n) is 6.27. The van der Waals surface area contributed by atoms with Gasteiger partial charge in [-0.05, 0) is 43.9 Å². The van der Waals surface area contributed by atoms with Crippen LogP contribution >= 0.6 is 0 Å². The summed E-state index contributed by atoms with van der Waals surface area (Å²) in [5, 5.41) is 29.9. The Bertz CT molecular complexity index is 237. The number of hydrogen-bond donors (Lipinski definition) is 3. The molecular formula is C13H26O3. The third-order valence-electron chi connectivity index (χ3n) is 4.30. The normalized spacial score (nSPS) is 40.7.